The smallest absolute Gasteiger partial charge is 0.292 e. The van der Waals surface area contributed by atoms with Crippen LogP contribution in [0.2, 0.25) is 0 Å². The van der Waals surface area contributed by atoms with Gasteiger partial charge in [-0.2, -0.15) is 0 Å². The molecule has 0 aliphatic carbocycles. The highest BCUT2D eigenvalue weighted by Crippen LogP contribution is 2.16. The largest absolute Gasteiger partial charge is 0.354 e. The summed E-state index contributed by atoms with van der Waals surface area (Å²) in [6.45, 7) is 10.6. The van der Waals surface area contributed by atoms with E-state index in [-0.39, 0.29) is 36.5 Å². The third-order valence-electron chi connectivity index (χ3n) is 8.41. The summed E-state index contributed by atoms with van der Waals surface area (Å²) >= 11 is 0. The molecular formula is C38H50N6O6. The summed E-state index contributed by atoms with van der Waals surface area (Å²) < 4.78 is 5.43. The minimum absolute atomic E-state index is 0.0583. The van der Waals surface area contributed by atoms with Crippen LogP contribution in [0.4, 0.5) is 0 Å². The standard InChI is InChI=1S/C38H50N6O6/c1-24(2)19-30-22-33(50-43-30)38(49)44-18-10-9-17-39-34(45)26(5)40-36(47)31(20-25(3)4)42-37(48)32(21-27-11-7-6-8-12-27)41-35(46)29-15-13-28(23-44)14-16-29/h6-8,11-16,22,24-26,31-32H,9-10,17-21,23H2,1-5H3,(H,39,45)(H,40,47)(H,41,46)(H,42,48)/t26-,31+,32-/m1/s1. The van der Waals surface area contributed by atoms with E-state index in [1.165, 1.54) is 0 Å². The number of hydrogen-bond donors (Lipinski definition) is 4. The van der Waals surface area contributed by atoms with Crippen LogP contribution in [0.5, 0.6) is 0 Å². The Morgan fingerprint density at radius 1 is 0.860 bits per heavy atom. The highest BCUT2D eigenvalue weighted by molar-refractivity contribution is 5.99. The van der Waals surface area contributed by atoms with Gasteiger partial charge in [-0.3, -0.25) is 24.0 Å². The number of carbonyl (C=O) groups excluding carboxylic acids is 5. The van der Waals surface area contributed by atoms with Crippen molar-refractivity contribution >= 4 is 29.5 Å². The molecule has 0 fully saturated rings. The molecule has 3 atom stereocenters. The first-order valence-electron chi connectivity index (χ1n) is 17.5. The Morgan fingerprint density at radius 2 is 1.56 bits per heavy atom. The fraction of sp³-hybridized carbons (Fsp3) is 0.474. The van der Waals surface area contributed by atoms with Gasteiger partial charge >= 0.3 is 0 Å². The Balaban J connectivity index is 1.61. The Kier molecular flexibility index (Phi) is 13.7. The van der Waals surface area contributed by atoms with Gasteiger partial charge in [-0.25, -0.2) is 0 Å². The third kappa shape index (κ3) is 11.3. The maximum Gasteiger partial charge on any atom is 0.292 e. The van der Waals surface area contributed by atoms with Crippen LogP contribution in [0, 0.1) is 11.8 Å². The highest BCUT2D eigenvalue weighted by atomic mass is 16.5. The summed E-state index contributed by atoms with van der Waals surface area (Å²) in [6, 6.07) is 15.1. The summed E-state index contributed by atoms with van der Waals surface area (Å²) in [5.74, 6) is -1.56. The SMILES string of the molecule is CC(C)Cc1cc(C(=O)N2CCCCNC(=O)[C@@H](C)NC(=O)[C@H](CC(C)C)NC(=O)[C@@H](Cc3ccccc3)NC(=O)c3ccc(cc3)C2)on1. The Labute approximate surface area is 294 Å². The second-order valence-corrected chi connectivity index (χ2v) is 13.8. The normalized spacial score (nSPS) is 20.1. The van der Waals surface area contributed by atoms with Gasteiger partial charge in [0, 0.05) is 37.7 Å². The Bertz CT molecular complexity index is 1600. The van der Waals surface area contributed by atoms with Crippen LogP contribution in [-0.2, 0) is 33.8 Å². The zero-order chi connectivity index (χ0) is 36.2. The van der Waals surface area contributed by atoms with Crippen LogP contribution in [0.15, 0.2) is 65.2 Å². The van der Waals surface area contributed by atoms with Gasteiger partial charge in [-0.05, 0) is 67.7 Å². The van der Waals surface area contributed by atoms with E-state index in [9.17, 15) is 24.0 Å². The second-order valence-electron chi connectivity index (χ2n) is 13.8. The summed E-state index contributed by atoms with van der Waals surface area (Å²) in [5, 5.41) is 15.4. The van der Waals surface area contributed by atoms with Crippen LogP contribution in [0.1, 0.15) is 91.6 Å². The van der Waals surface area contributed by atoms with E-state index in [4.69, 9.17) is 4.52 Å². The van der Waals surface area contributed by atoms with E-state index in [2.05, 4.69) is 40.3 Å². The molecule has 2 aromatic carbocycles. The molecule has 5 amide bonds. The maximum absolute atomic E-state index is 13.8. The zero-order valence-corrected chi connectivity index (χ0v) is 29.7. The molecule has 3 heterocycles. The Hall–Kier alpha value is -5.00. The molecule has 2 bridgehead atoms. The first kappa shape index (κ1) is 37.8. The number of carbonyl (C=O) groups is 5. The fourth-order valence-corrected chi connectivity index (χ4v) is 5.76. The molecule has 2 aliphatic rings. The van der Waals surface area contributed by atoms with Gasteiger partial charge in [0.2, 0.25) is 23.5 Å². The van der Waals surface area contributed by atoms with E-state index in [1.54, 1.807) is 42.2 Å². The number of aromatic nitrogens is 1. The molecule has 12 nitrogen and oxygen atoms in total. The van der Waals surface area contributed by atoms with Gasteiger partial charge in [-0.1, -0.05) is 75.3 Å². The zero-order valence-electron chi connectivity index (χ0n) is 29.7. The van der Waals surface area contributed by atoms with Gasteiger partial charge in [0.25, 0.3) is 11.8 Å². The van der Waals surface area contributed by atoms with Crippen molar-refractivity contribution in [1.82, 2.24) is 31.3 Å². The summed E-state index contributed by atoms with van der Waals surface area (Å²) in [6.07, 6.45) is 2.39. The molecule has 0 saturated carbocycles. The molecule has 50 heavy (non-hydrogen) atoms. The van der Waals surface area contributed by atoms with Gasteiger partial charge in [-0.15, -0.1) is 0 Å². The molecule has 268 valence electrons. The lowest BCUT2D eigenvalue weighted by Crippen LogP contribution is -2.57. The average Bonchev–Trinajstić information content (AvgIpc) is 3.54. The third-order valence-corrected chi connectivity index (χ3v) is 8.41. The van der Waals surface area contributed by atoms with Gasteiger partial charge in [0.1, 0.15) is 18.1 Å². The number of rotatable bonds is 7. The van der Waals surface area contributed by atoms with Gasteiger partial charge in [0.05, 0.1) is 5.69 Å². The molecule has 0 spiro atoms. The van der Waals surface area contributed by atoms with Crippen LogP contribution >= 0.6 is 0 Å². The predicted molar refractivity (Wildman–Crippen MR) is 189 cm³/mol. The first-order valence-corrected chi connectivity index (χ1v) is 17.5. The van der Waals surface area contributed by atoms with Crippen molar-refractivity contribution in [2.45, 2.75) is 91.4 Å². The average molecular weight is 687 g/mol. The monoisotopic (exact) mass is 686 g/mol. The number of nitrogens with one attached hydrogen (secondary N) is 4. The molecule has 12 heteroatoms. The van der Waals surface area contributed by atoms with E-state index >= 15 is 0 Å². The van der Waals surface area contributed by atoms with E-state index in [0.29, 0.717) is 55.9 Å². The topological polar surface area (TPSA) is 163 Å². The van der Waals surface area contributed by atoms with Crippen molar-refractivity contribution < 1.29 is 28.5 Å². The van der Waals surface area contributed by atoms with Crippen molar-refractivity contribution in [3.05, 3.63) is 88.8 Å². The maximum atomic E-state index is 13.8. The summed E-state index contributed by atoms with van der Waals surface area (Å²) in [7, 11) is 0. The highest BCUT2D eigenvalue weighted by Gasteiger charge is 2.30. The lowest BCUT2D eigenvalue weighted by atomic mass is 10.0. The molecule has 0 unspecified atom stereocenters. The number of amides is 5. The summed E-state index contributed by atoms with van der Waals surface area (Å²) in [5.41, 5.74) is 2.68. The Morgan fingerprint density at radius 3 is 2.24 bits per heavy atom. The van der Waals surface area contributed by atoms with Gasteiger partial charge < -0.3 is 30.7 Å². The molecular weight excluding hydrogens is 636 g/mol. The number of hydrogen-bond acceptors (Lipinski definition) is 7. The van der Waals surface area contributed by atoms with Crippen LogP contribution in [0.25, 0.3) is 0 Å². The van der Waals surface area contributed by atoms with Gasteiger partial charge in [0.15, 0.2) is 0 Å². The molecule has 2 aliphatic heterocycles. The van der Waals surface area contributed by atoms with Crippen molar-refractivity contribution in [3.63, 3.8) is 0 Å². The molecule has 1 aromatic heterocycles. The number of benzene rings is 2. The number of fused-ring (bicyclic) bond motifs is 18. The van der Waals surface area contributed by atoms with Crippen molar-refractivity contribution in [2.24, 2.45) is 11.8 Å². The predicted octanol–water partition coefficient (Wildman–Crippen LogP) is 3.80. The van der Waals surface area contributed by atoms with E-state index < -0.39 is 35.8 Å². The molecule has 5 rings (SSSR count). The van der Waals surface area contributed by atoms with Crippen LogP contribution < -0.4 is 21.3 Å². The second kappa shape index (κ2) is 18.1. The lowest BCUT2D eigenvalue weighted by molar-refractivity contribution is -0.132. The van der Waals surface area contributed by atoms with Crippen molar-refractivity contribution in [3.8, 4) is 0 Å². The minimum Gasteiger partial charge on any atom is -0.354 e. The lowest BCUT2D eigenvalue weighted by Gasteiger charge is -2.25. The summed E-state index contributed by atoms with van der Waals surface area (Å²) in [4.78, 5) is 68.9. The molecule has 0 saturated heterocycles. The quantitative estimate of drug-likeness (QED) is 0.275. The van der Waals surface area contributed by atoms with Crippen molar-refractivity contribution in [1.29, 1.82) is 0 Å². The van der Waals surface area contributed by atoms with Crippen LogP contribution in [0.3, 0.4) is 0 Å². The molecule has 0 radical (unpaired) electrons. The number of nitrogens with zero attached hydrogens (tertiary/aromatic N) is 2. The molecule has 3 aromatic rings. The fourth-order valence-electron chi connectivity index (χ4n) is 5.76. The van der Waals surface area contributed by atoms with E-state index in [1.807, 2.05) is 44.2 Å². The minimum atomic E-state index is -0.988. The molecule has 4 N–H and O–H groups in total. The van der Waals surface area contributed by atoms with E-state index in [0.717, 1.165) is 11.1 Å². The van der Waals surface area contributed by atoms with Crippen molar-refractivity contribution in [2.75, 3.05) is 13.1 Å². The first-order chi connectivity index (χ1) is 23.9. The van der Waals surface area contributed by atoms with Crippen LogP contribution in [-0.4, -0.2) is 70.8 Å².